The Bertz CT molecular complexity index is 665. The van der Waals surface area contributed by atoms with Crippen LogP contribution in [0.15, 0.2) is 48.8 Å². The molecule has 142 valence electrons. The molecule has 2 heterocycles. The molecular weight excluding hydrogens is 373 g/mol. The summed E-state index contributed by atoms with van der Waals surface area (Å²) in [5.74, 6) is 1.42. The highest BCUT2D eigenvalue weighted by Crippen LogP contribution is 2.20. The fourth-order valence-electron chi connectivity index (χ4n) is 2.83. The molecule has 0 radical (unpaired) electrons. The quantitative estimate of drug-likeness (QED) is 0.744. The molecule has 1 aliphatic rings. The maximum Gasteiger partial charge on any atom is 0.224 e. The molecule has 1 aromatic heterocycles. The van der Waals surface area contributed by atoms with Crippen molar-refractivity contribution in [1.82, 2.24) is 10.3 Å². The first-order valence-corrected chi connectivity index (χ1v) is 8.42. The summed E-state index contributed by atoms with van der Waals surface area (Å²) in [6.07, 6.45) is 6.19. The molecule has 2 N–H and O–H groups in total. The average Bonchev–Trinajstić information content (AvgIpc) is 3.13. The number of nitrogens with zero attached hydrogens (tertiary/aromatic N) is 1. The lowest BCUT2D eigenvalue weighted by Gasteiger charge is -2.10. The van der Waals surface area contributed by atoms with E-state index in [1.54, 1.807) is 12.4 Å². The molecular formula is C19H25Cl2N3O2. The van der Waals surface area contributed by atoms with Crippen molar-refractivity contribution in [2.24, 2.45) is 5.92 Å². The fourth-order valence-corrected chi connectivity index (χ4v) is 2.83. The van der Waals surface area contributed by atoms with Gasteiger partial charge in [0.25, 0.3) is 0 Å². The van der Waals surface area contributed by atoms with Crippen LogP contribution in [0.2, 0.25) is 0 Å². The van der Waals surface area contributed by atoms with Gasteiger partial charge in [-0.15, -0.1) is 24.8 Å². The molecule has 0 saturated carbocycles. The standard InChI is InChI=1S/C19H23N3O2.2ClH/c23-19(7-6-15-8-10-21-12-15)22-17-4-1-5-18(11-17)24-14-16-3-2-9-20-13-16;;/h1-5,9,11,13,15,21H,6-8,10,12,14H2,(H,22,23);2*1H. The van der Waals surface area contributed by atoms with Crippen molar-refractivity contribution in [2.75, 3.05) is 18.4 Å². The van der Waals surface area contributed by atoms with Crippen LogP contribution in [-0.2, 0) is 11.4 Å². The lowest BCUT2D eigenvalue weighted by atomic mass is 10.0. The van der Waals surface area contributed by atoms with Gasteiger partial charge >= 0.3 is 0 Å². The van der Waals surface area contributed by atoms with Crippen molar-refractivity contribution >= 4 is 36.4 Å². The van der Waals surface area contributed by atoms with E-state index in [-0.39, 0.29) is 30.7 Å². The van der Waals surface area contributed by atoms with Gasteiger partial charge in [-0.25, -0.2) is 0 Å². The molecule has 7 heteroatoms. The molecule has 1 atom stereocenters. The third-order valence-electron chi connectivity index (χ3n) is 4.19. The number of benzene rings is 1. The van der Waals surface area contributed by atoms with Gasteiger partial charge in [0, 0.05) is 36.1 Å². The second-order valence-corrected chi connectivity index (χ2v) is 6.12. The highest BCUT2D eigenvalue weighted by atomic mass is 35.5. The van der Waals surface area contributed by atoms with Crippen molar-refractivity contribution in [2.45, 2.75) is 25.9 Å². The molecule has 5 nitrogen and oxygen atoms in total. The van der Waals surface area contributed by atoms with Gasteiger partial charge in [-0.3, -0.25) is 9.78 Å². The van der Waals surface area contributed by atoms with Gasteiger partial charge in [-0.1, -0.05) is 12.1 Å². The van der Waals surface area contributed by atoms with Crippen LogP contribution >= 0.6 is 24.8 Å². The van der Waals surface area contributed by atoms with E-state index in [2.05, 4.69) is 15.6 Å². The Morgan fingerprint density at radius 3 is 2.88 bits per heavy atom. The van der Waals surface area contributed by atoms with E-state index in [0.717, 1.165) is 36.5 Å². The van der Waals surface area contributed by atoms with Crippen LogP contribution in [0.25, 0.3) is 0 Å². The number of amides is 1. The monoisotopic (exact) mass is 397 g/mol. The van der Waals surface area contributed by atoms with E-state index in [4.69, 9.17) is 4.74 Å². The van der Waals surface area contributed by atoms with Gasteiger partial charge < -0.3 is 15.4 Å². The summed E-state index contributed by atoms with van der Waals surface area (Å²) in [7, 11) is 0. The highest BCUT2D eigenvalue weighted by molar-refractivity contribution is 5.90. The maximum atomic E-state index is 12.1. The second-order valence-electron chi connectivity index (χ2n) is 6.12. The number of pyridine rings is 1. The number of aromatic nitrogens is 1. The van der Waals surface area contributed by atoms with Crippen molar-refractivity contribution in [1.29, 1.82) is 0 Å². The fraction of sp³-hybridized carbons (Fsp3) is 0.368. The van der Waals surface area contributed by atoms with Crippen molar-refractivity contribution in [3.8, 4) is 5.75 Å². The number of hydrogen-bond donors (Lipinski definition) is 2. The zero-order valence-corrected chi connectivity index (χ0v) is 16.2. The number of ether oxygens (including phenoxy) is 1. The van der Waals surface area contributed by atoms with Gasteiger partial charge in [0.05, 0.1) is 0 Å². The van der Waals surface area contributed by atoms with Crippen LogP contribution in [0.3, 0.4) is 0 Å². The Hall–Kier alpha value is -1.82. The lowest BCUT2D eigenvalue weighted by Crippen LogP contribution is -2.15. The van der Waals surface area contributed by atoms with E-state index < -0.39 is 0 Å². The first-order chi connectivity index (χ1) is 11.8. The van der Waals surface area contributed by atoms with Crippen LogP contribution in [0.4, 0.5) is 5.69 Å². The maximum absolute atomic E-state index is 12.1. The molecule has 26 heavy (non-hydrogen) atoms. The number of halogens is 2. The largest absolute Gasteiger partial charge is 0.489 e. The molecule has 0 aliphatic carbocycles. The number of rotatable bonds is 7. The minimum Gasteiger partial charge on any atom is -0.489 e. The molecule has 0 bridgehead atoms. The number of hydrogen-bond acceptors (Lipinski definition) is 4. The Labute approximate surface area is 166 Å². The summed E-state index contributed by atoms with van der Waals surface area (Å²) >= 11 is 0. The van der Waals surface area contributed by atoms with Crippen molar-refractivity contribution in [3.63, 3.8) is 0 Å². The van der Waals surface area contributed by atoms with E-state index in [1.807, 2.05) is 36.4 Å². The molecule has 1 amide bonds. The summed E-state index contributed by atoms with van der Waals surface area (Å²) in [5, 5.41) is 6.28. The Morgan fingerprint density at radius 1 is 1.27 bits per heavy atom. The average molecular weight is 398 g/mol. The van der Waals surface area contributed by atoms with Gasteiger partial charge in [0.15, 0.2) is 0 Å². The zero-order valence-electron chi connectivity index (χ0n) is 14.5. The van der Waals surface area contributed by atoms with Gasteiger partial charge in [-0.2, -0.15) is 0 Å². The number of carbonyl (C=O) groups excluding carboxylic acids is 1. The van der Waals surface area contributed by atoms with Gasteiger partial charge in [0.2, 0.25) is 5.91 Å². The molecule has 0 spiro atoms. The normalized spacial score (nSPS) is 15.5. The van der Waals surface area contributed by atoms with Gasteiger partial charge in [-0.05, 0) is 50.0 Å². The molecule has 1 aromatic carbocycles. The predicted octanol–water partition coefficient (Wildman–Crippen LogP) is 3.83. The molecule has 1 saturated heterocycles. The molecule has 1 fully saturated rings. The molecule has 1 unspecified atom stereocenters. The van der Waals surface area contributed by atoms with Crippen LogP contribution in [0, 0.1) is 5.92 Å². The SMILES string of the molecule is Cl.Cl.O=C(CCC1CCNC1)Nc1cccc(OCc2cccnc2)c1. The summed E-state index contributed by atoms with van der Waals surface area (Å²) < 4.78 is 5.76. The van der Waals surface area contributed by atoms with Crippen LogP contribution in [-0.4, -0.2) is 24.0 Å². The highest BCUT2D eigenvalue weighted by Gasteiger charge is 2.15. The third kappa shape index (κ3) is 7.20. The van der Waals surface area contributed by atoms with E-state index >= 15 is 0 Å². The smallest absolute Gasteiger partial charge is 0.224 e. The summed E-state index contributed by atoms with van der Waals surface area (Å²) in [6, 6.07) is 11.4. The van der Waals surface area contributed by atoms with E-state index in [9.17, 15) is 4.79 Å². The minimum atomic E-state index is 0. The minimum absolute atomic E-state index is 0. The van der Waals surface area contributed by atoms with E-state index in [1.165, 1.54) is 6.42 Å². The molecule has 3 rings (SSSR count). The second kappa shape index (κ2) is 11.7. The summed E-state index contributed by atoms with van der Waals surface area (Å²) in [4.78, 5) is 16.1. The Morgan fingerprint density at radius 2 is 2.15 bits per heavy atom. The first kappa shape index (κ1) is 22.2. The van der Waals surface area contributed by atoms with Crippen molar-refractivity contribution in [3.05, 3.63) is 54.4 Å². The summed E-state index contributed by atoms with van der Waals surface area (Å²) in [5.41, 5.74) is 1.78. The van der Waals surface area contributed by atoms with Crippen LogP contribution in [0.5, 0.6) is 5.75 Å². The lowest BCUT2D eigenvalue weighted by molar-refractivity contribution is -0.116. The van der Waals surface area contributed by atoms with E-state index in [0.29, 0.717) is 18.9 Å². The zero-order chi connectivity index (χ0) is 16.6. The Kier molecular flexibility index (Phi) is 10.0. The third-order valence-corrected chi connectivity index (χ3v) is 4.19. The van der Waals surface area contributed by atoms with Crippen molar-refractivity contribution < 1.29 is 9.53 Å². The first-order valence-electron chi connectivity index (χ1n) is 8.42. The van der Waals surface area contributed by atoms with Gasteiger partial charge in [0.1, 0.15) is 12.4 Å². The number of nitrogens with one attached hydrogen (secondary N) is 2. The number of carbonyl (C=O) groups is 1. The topological polar surface area (TPSA) is 63.2 Å². The summed E-state index contributed by atoms with van der Waals surface area (Å²) in [6.45, 7) is 2.56. The molecule has 1 aliphatic heterocycles. The Balaban J connectivity index is 0.00000169. The van der Waals surface area contributed by atoms with Crippen LogP contribution < -0.4 is 15.4 Å². The predicted molar refractivity (Wildman–Crippen MR) is 108 cm³/mol. The number of anilines is 1. The molecule has 2 aromatic rings. The van der Waals surface area contributed by atoms with Crippen LogP contribution in [0.1, 0.15) is 24.8 Å².